The molecule has 0 radical (unpaired) electrons. The van der Waals surface area contributed by atoms with Gasteiger partial charge in [0, 0.05) is 25.8 Å². The Morgan fingerprint density at radius 2 is 2.17 bits per heavy atom. The fourth-order valence-electron chi connectivity index (χ4n) is 3.42. The average molecular weight is 326 g/mol. The maximum Gasteiger partial charge on any atom is 0.337 e. The van der Waals surface area contributed by atoms with E-state index in [0.29, 0.717) is 17.8 Å². The predicted molar refractivity (Wildman–Crippen MR) is 86.3 cm³/mol. The lowest BCUT2D eigenvalue weighted by molar-refractivity contribution is 0.0693. The zero-order valence-corrected chi connectivity index (χ0v) is 13.4. The van der Waals surface area contributed by atoms with Gasteiger partial charge in [0.2, 0.25) is 6.79 Å². The van der Waals surface area contributed by atoms with E-state index in [1.165, 1.54) is 0 Å². The topological polar surface area (TPSA) is 71.9 Å². The van der Waals surface area contributed by atoms with Crippen molar-refractivity contribution < 1.29 is 19.4 Å². The van der Waals surface area contributed by atoms with Crippen LogP contribution < -0.4 is 9.47 Å². The van der Waals surface area contributed by atoms with Crippen LogP contribution in [0.15, 0.2) is 24.4 Å². The van der Waals surface area contributed by atoms with E-state index in [9.17, 15) is 9.90 Å². The number of benzene rings is 1. The van der Waals surface area contributed by atoms with E-state index in [2.05, 4.69) is 9.88 Å². The van der Waals surface area contributed by atoms with Crippen LogP contribution in [0.25, 0.3) is 0 Å². The number of fused-ring (bicyclic) bond motifs is 2. The van der Waals surface area contributed by atoms with Gasteiger partial charge in [-0.15, -0.1) is 0 Å². The number of aromatic nitrogens is 1. The molecule has 24 heavy (non-hydrogen) atoms. The molecule has 4 rings (SSSR count). The average Bonchev–Trinajstić information content (AvgIpc) is 3.02. The molecule has 2 aromatic rings. The molecule has 1 aromatic carbocycles. The number of hydrogen-bond acceptors (Lipinski definition) is 5. The highest BCUT2D eigenvalue weighted by Crippen LogP contribution is 2.33. The van der Waals surface area contributed by atoms with Gasteiger partial charge >= 0.3 is 5.97 Å². The number of nitrogens with zero attached hydrogens (tertiary/aromatic N) is 2. The van der Waals surface area contributed by atoms with Gasteiger partial charge in [-0.05, 0) is 42.2 Å². The number of rotatable bonds is 3. The summed E-state index contributed by atoms with van der Waals surface area (Å²) in [5.41, 5.74) is 4.05. The molecule has 6 heteroatoms. The Kier molecular flexibility index (Phi) is 3.61. The summed E-state index contributed by atoms with van der Waals surface area (Å²) in [5.74, 6) is 0.685. The van der Waals surface area contributed by atoms with E-state index in [-0.39, 0.29) is 6.79 Å². The lowest BCUT2D eigenvalue weighted by atomic mass is 9.95. The van der Waals surface area contributed by atoms with Crippen LogP contribution in [-0.2, 0) is 19.5 Å². The minimum absolute atomic E-state index is 0.277. The molecular weight excluding hydrogens is 308 g/mol. The van der Waals surface area contributed by atoms with Crippen molar-refractivity contribution in [2.45, 2.75) is 26.4 Å². The van der Waals surface area contributed by atoms with Crippen LogP contribution in [0, 0.1) is 6.92 Å². The van der Waals surface area contributed by atoms with Crippen LogP contribution in [0.1, 0.15) is 32.7 Å². The third-order valence-electron chi connectivity index (χ3n) is 4.59. The van der Waals surface area contributed by atoms with Crippen molar-refractivity contribution in [3.05, 3.63) is 52.3 Å². The molecule has 2 aliphatic heterocycles. The fraction of sp³-hybridized carbons (Fsp3) is 0.333. The summed E-state index contributed by atoms with van der Waals surface area (Å²) in [6, 6.07) is 5.98. The Morgan fingerprint density at radius 3 is 3.00 bits per heavy atom. The summed E-state index contributed by atoms with van der Waals surface area (Å²) in [5, 5.41) is 9.43. The SMILES string of the molecule is Cc1ncc2c(c1C(=O)O)CCN(Cc1ccc3c(c1)OCO3)C2. The highest BCUT2D eigenvalue weighted by molar-refractivity contribution is 5.91. The van der Waals surface area contributed by atoms with Gasteiger partial charge in [-0.3, -0.25) is 9.88 Å². The fourth-order valence-corrected chi connectivity index (χ4v) is 3.42. The normalized spacial score (nSPS) is 16.0. The number of pyridine rings is 1. The monoisotopic (exact) mass is 326 g/mol. The summed E-state index contributed by atoms with van der Waals surface area (Å²) < 4.78 is 10.8. The van der Waals surface area contributed by atoms with Gasteiger partial charge in [-0.1, -0.05) is 6.07 Å². The molecule has 3 heterocycles. The zero-order chi connectivity index (χ0) is 16.7. The van der Waals surface area contributed by atoms with Crippen molar-refractivity contribution in [2.75, 3.05) is 13.3 Å². The second-order valence-electron chi connectivity index (χ2n) is 6.18. The first-order valence-corrected chi connectivity index (χ1v) is 7.93. The second-order valence-corrected chi connectivity index (χ2v) is 6.18. The first-order valence-electron chi connectivity index (χ1n) is 7.93. The number of carboxylic acid groups (broad SMARTS) is 1. The van der Waals surface area contributed by atoms with Crippen LogP contribution in [0.4, 0.5) is 0 Å². The maximum atomic E-state index is 11.5. The number of ether oxygens (including phenoxy) is 2. The summed E-state index contributed by atoms with van der Waals surface area (Å²) in [6.45, 7) is 4.34. The van der Waals surface area contributed by atoms with Crippen molar-refractivity contribution in [3.63, 3.8) is 0 Å². The molecular formula is C18H18N2O4. The van der Waals surface area contributed by atoms with Crippen LogP contribution in [0.3, 0.4) is 0 Å². The molecule has 2 aliphatic rings. The summed E-state index contributed by atoms with van der Waals surface area (Å²) in [7, 11) is 0. The zero-order valence-electron chi connectivity index (χ0n) is 13.4. The van der Waals surface area contributed by atoms with Crippen molar-refractivity contribution in [1.29, 1.82) is 0 Å². The number of hydrogen-bond donors (Lipinski definition) is 1. The first-order chi connectivity index (χ1) is 11.6. The number of carboxylic acids is 1. The second kappa shape index (κ2) is 5.79. The summed E-state index contributed by atoms with van der Waals surface area (Å²) in [4.78, 5) is 18.0. The number of aryl methyl sites for hydroxylation is 1. The lowest BCUT2D eigenvalue weighted by Crippen LogP contribution is -2.31. The molecule has 0 amide bonds. The standard InChI is InChI=1S/C18H18N2O4/c1-11-17(18(21)22)14-4-5-20(9-13(14)7-19-11)8-12-2-3-15-16(6-12)24-10-23-15/h2-3,6-7H,4-5,8-10H2,1H3,(H,21,22). The molecule has 0 saturated heterocycles. The number of aromatic carboxylic acids is 1. The van der Waals surface area contributed by atoms with E-state index < -0.39 is 5.97 Å². The van der Waals surface area contributed by atoms with Gasteiger partial charge in [0.25, 0.3) is 0 Å². The Labute approximate surface area is 139 Å². The lowest BCUT2D eigenvalue weighted by Gasteiger charge is -2.29. The molecule has 0 unspecified atom stereocenters. The highest BCUT2D eigenvalue weighted by atomic mass is 16.7. The van der Waals surface area contributed by atoms with Crippen LogP contribution >= 0.6 is 0 Å². The molecule has 1 N–H and O–H groups in total. The van der Waals surface area contributed by atoms with E-state index >= 15 is 0 Å². The summed E-state index contributed by atoms with van der Waals surface area (Å²) in [6.07, 6.45) is 2.54. The highest BCUT2D eigenvalue weighted by Gasteiger charge is 2.24. The van der Waals surface area contributed by atoms with E-state index in [1.54, 1.807) is 6.92 Å². The van der Waals surface area contributed by atoms with Gasteiger partial charge in [0.05, 0.1) is 11.3 Å². The molecule has 0 spiro atoms. The third kappa shape index (κ3) is 2.59. The largest absolute Gasteiger partial charge is 0.478 e. The van der Waals surface area contributed by atoms with E-state index in [1.807, 2.05) is 24.4 Å². The van der Waals surface area contributed by atoms with E-state index in [0.717, 1.165) is 47.7 Å². The molecule has 124 valence electrons. The molecule has 0 fully saturated rings. The van der Waals surface area contributed by atoms with Crippen LogP contribution in [-0.4, -0.2) is 34.3 Å². The third-order valence-corrected chi connectivity index (χ3v) is 4.59. The van der Waals surface area contributed by atoms with E-state index in [4.69, 9.17) is 9.47 Å². The molecule has 0 atom stereocenters. The van der Waals surface area contributed by atoms with Crippen molar-refractivity contribution in [3.8, 4) is 11.5 Å². The Hall–Kier alpha value is -2.60. The minimum atomic E-state index is -0.888. The van der Waals surface area contributed by atoms with Gasteiger partial charge < -0.3 is 14.6 Å². The van der Waals surface area contributed by atoms with Crippen molar-refractivity contribution in [1.82, 2.24) is 9.88 Å². The molecule has 0 aliphatic carbocycles. The van der Waals surface area contributed by atoms with Gasteiger partial charge in [-0.2, -0.15) is 0 Å². The molecule has 6 nitrogen and oxygen atoms in total. The Bertz CT molecular complexity index is 819. The van der Waals surface area contributed by atoms with Crippen molar-refractivity contribution in [2.24, 2.45) is 0 Å². The molecule has 0 bridgehead atoms. The Balaban J connectivity index is 1.55. The molecule has 0 saturated carbocycles. The summed E-state index contributed by atoms with van der Waals surface area (Å²) >= 11 is 0. The first kappa shape index (κ1) is 15.0. The molecule has 1 aromatic heterocycles. The van der Waals surface area contributed by atoms with Gasteiger partial charge in [0.1, 0.15) is 0 Å². The smallest absolute Gasteiger partial charge is 0.337 e. The van der Waals surface area contributed by atoms with Crippen molar-refractivity contribution >= 4 is 5.97 Å². The quantitative estimate of drug-likeness (QED) is 0.934. The predicted octanol–water partition coefficient (Wildman–Crippen LogP) is 2.38. The van der Waals surface area contributed by atoms with Gasteiger partial charge in [0.15, 0.2) is 11.5 Å². The Morgan fingerprint density at radius 1 is 1.33 bits per heavy atom. The number of carbonyl (C=O) groups is 1. The van der Waals surface area contributed by atoms with Crippen LogP contribution in [0.2, 0.25) is 0 Å². The van der Waals surface area contributed by atoms with Crippen LogP contribution in [0.5, 0.6) is 11.5 Å². The van der Waals surface area contributed by atoms with Gasteiger partial charge in [-0.25, -0.2) is 4.79 Å². The maximum absolute atomic E-state index is 11.5. The minimum Gasteiger partial charge on any atom is -0.478 e.